The number of benzene rings is 3. The molecular weight excluding hydrogens is 509 g/mol. The fourth-order valence-electron chi connectivity index (χ4n) is 4.71. The van der Waals surface area contributed by atoms with Gasteiger partial charge in [0.1, 0.15) is 11.5 Å². The number of methoxy groups -OCH3 is 1. The van der Waals surface area contributed by atoms with Gasteiger partial charge in [-0.2, -0.15) is 0 Å². The number of aliphatic hydroxyl groups is 1. The average Bonchev–Trinajstić information content (AvgIpc) is 3.12. The van der Waals surface area contributed by atoms with Gasteiger partial charge < -0.3 is 24.9 Å². The van der Waals surface area contributed by atoms with Gasteiger partial charge in [0.15, 0.2) is 0 Å². The molecule has 7 heteroatoms. The molecule has 0 saturated heterocycles. The molecule has 1 unspecified atom stereocenters. The maximum atomic E-state index is 8.93. The molecule has 0 spiro atoms. The van der Waals surface area contributed by atoms with Crippen LogP contribution in [0, 0.1) is 10.8 Å². The molecule has 0 bridgehead atoms. The van der Waals surface area contributed by atoms with Gasteiger partial charge in [0.05, 0.1) is 19.3 Å². The fourth-order valence-corrected chi connectivity index (χ4v) is 4.71. The van der Waals surface area contributed by atoms with Crippen LogP contribution in [0.2, 0.25) is 0 Å². The second-order valence-corrected chi connectivity index (χ2v) is 8.62. The Labute approximate surface area is 230 Å². The molecule has 1 atom stereocenters. The van der Waals surface area contributed by atoms with Crippen molar-refractivity contribution < 1.29 is 31.4 Å². The summed E-state index contributed by atoms with van der Waals surface area (Å²) in [6.07, 6.45) is 4.22. The van der Waals surface area contributed by atoms with Crippen LogP contribution in [-0.2, 0) is 28.6 Å². The quantitative estimate of drug-likeness (QED) is 0.222. The third-order valence-corrected chi connectivity index (χ3v) is 6.35. The third kappa shape index (κ3) is 6.61. The number of nitrogens with zero attached hydrogens (tertiary/aromatic N) is 1. The molecule has 1 aliphatic heterocycles. The number of nitrogens with one attached hydrogen (secondary N) is 2. The van der Waals surface area contributed by atoms with Gasteiger partial charge in [0.2, 0.25) is 5.90 Å². The second-order valence-electron chi connectivity index (χ2n) is 8.62. The van der Waals surface area contributed by atoms with Crippen molar-refractivity contribution in [2.24, 2.45) is 0 Å². The fraction of sp³-hybridized carbons (Fsp3) is 0.267. The summed E-state index contributed by atoms with van der Waals surface area (Å²) in [5.41, 5.74) is 5.19. The van der Waals surface area contributed by atoms with E-state index in [4.69, 9.17) is 25.4 Å². The van der Waals surface area contributed by atoms with E-state index in [1.165, 1.54) is 28.7 Å². The van der Waals surface area contributed by atoms with Gasteiger partial charge >= 0.3 is 0 Å². The molecule has 1 radical (unpaired) electrons. The minimum Gasteiger partial charge on any atom is -0.497 e. The summed E-state index contributed by atoms with van der Waals surface area (Å²) in [7, 11) is 1.71. The normalized spacial score (nSPS) is 16.6. The number of rotatable bonds is 8. The van der Waals surface area contributed by atoms with Gasteiger partial charge in [-0.25, -0.2) is 0 Å². The van der Waals surface area contributed by atoms with Gasteiger partial charge in [-0.05, 0) is 74.7 Å². The molecule has 1 heterocycles. The topological polar surface area (TPSA) is 89.6 Å². The van der Waals surface area contributed by atoms with Crippen LogP contribution in [0.15, 0.2) is 84.6 Å². The summed E-state index contributed by atoms with van der Waals surface area (Å²) in [6, 6.07) is 23.8. The summed E-state index contributed by atoms with van der Waals surface area (Å²) in [6.45, 7) is 7.69. The number of likely N-dealkylation sites (N-methyl/N-ethyl adjacent to an activating group) is 1. The molecule has 0 fully saturated rings. The van der Waals surface area contributed by atoms with Crippen LogP contribution < -0.4 is 14.4 Å². The van der Waals surface area contributed by atoms with Gasteiger partial charge in [-0.1, -0.05) is 42.5 Å². The zero-order valence-corrected chi connectivity index (χ0v) is 22.8. The molecule has 1 aliphatic rings. The van der Waals surface area contributed by atoms with Crippen LogP contribution in [0.4, 0.5) is 5.69 Å². The number of anilines is 1. The first-order valence-electron chi connectivity index (χ1n) is 12.1. The van der Waals surface area contributed by atoms with E-state index in [1.807, 2.05) is 25.1 Å². The maximum absolute atomic E-state index is 8.93. The van der Waals surface area contributed by atoms with E-state index in [1.54, 1.807) is 31.4 Å². The van der Waals surface area contributed by atoms with Crippen molar-refractivity contribution in [2.45, 2.75) is 32.6 Å². The number of allylic oxidation sites excluding steroid dienone is 2. The Bertz CT molecular complexity index is 1230. The number of aliphatic hydroxyl groups excluding tert-OH is 1. The van der Waals surface area contributed by atoms with Gasteiger partial charge in [0.25, 0.3) is 0 Å². The van der Waals surface area contributed by atoms with Crippen LogP contribution in [0.3, 0.4) is 0 Å². The SMILES string of the molecule is CCN1/C(=C\C=N)C(C)(Cc2ccccc2)c2cc(OC)ccc21.CCOc1ccccc1C(=N)O.[Co]. The monoisotopic (exact) mass is 544 g/mol. The van der Waals surface area contributed by atoms with Crippen LogP contribution in [-0.4, -0.2) is 37.5 Å². The molecule has 197 valence electrons. The van der Waals surface area contributed by atoms with Crippen LogP contribution in [0.5, 0.6) is 11.5 Å². The molecule has 3 N–H and O–H groups in total. The Morgan fingerprint density at radius 1 is 1.03 bits per heavy atom. The molecule has 0 saturated carbocycles. The average molecular weight is 545 g/mol. The molecule has 0 aliphatic carbocycles. The Hall–Kier alpha value is -3.55. The minimum atomic E-state index is -0.459. The summed E-state index contributed by atoms with van der Waals surface area (Å²) in [5.74, 6) is 0.965. The minimum absolute atomic E-state index is 0. The molecule has 0 amide bonds. The first-order valence-corrected chi connectivity index (χ1v) is 12.1. The van der Waals surface area contributed by atoms with Gasteiger partial charge in [-0.15, -0.1) is 0 Å². The summed E-state index contributed by atoms with van der Waals surface area (Å²) < 4.78 is 10.7. The van der Waals surface area contributed by atoms with Crippen LogP contribution in [0.1, 0.15) is 37.5 Å². The van der Waals surface area contributed by atoms with E-state index in [-0.39, 0.29) is 22.2 Å². The number of ether oxygens (including phenoxy) is 2. The predicted octanol–water partition coefficient (Wildman–Crippen LogP) is 6.54. The number of hydrogen-bond acceptors (Lipinski definition) is 5. The first-order chi connectivity index (χ1) is 17.4. The van der Waals surface area contributed by atoms with Crippen molar-refractivity contribution in [3.8, 4) is 11.5 Å². The molecule has 3 aromatic carbocycles. The van der Waals surface area contributed by atoms with Crippen molar-refractivity contribution in [1.29, 1.82) is 10.8 Å². The Kier molecular flexibility index (Phi) is 11.0. The van der Waals surface area contributed by atoms with E-state index < -0.39 is 5.90 Å². The largest absolute Gasteiger partial charge is 0.497 e. The second kappa shape index (κ2) is 13.7. The van der Waals surface area contributed by atoms with Crippen LogP contribution in [0.25, 0.3) is 0 Å². The number of para-hydroxylation sites is 1. The van der Waals surface area contributed by atoms with E-state index in [0.717, 1.165) is 18.7 Å². The molecule has 0 aromatic heterocycles. The van der Waals surface area contributed by atoms with Crippen molar-refractivity contribution >= 4 is 17.8 Å². The molecular formula is C30H35CoN3O3. The van der Waals surface area contributed by atoms with Crippen molar-refractivity contribution in [1.82, 2.24) is 0 Å². The standard InChI is InChI=1S/C21H24N2O.C9H11NO2.Co/c1-4-23-19-11-10-17(24-3)14-18(19)21(2,20(23)12-13-22)15-16-8-6-5-7-9-16;1-2-12-8-6-4-3-5-7(8)9(10)11;/h5-14,22H,4,15H2,1-3H3;3-6H,2H2,1H3,(H2,10,11);/b20-12-,22-13?;;. The predicted molar refractivity (Wildman–Crippen MR) is 147 cm³/mol. The molecule has 37 heavy (non-hydrogen) atoms. The summed E-state index contributed by atoms with van der Waals surface area (Å²) >= 11 is 0. The maximum Gasteiger partial charge on any atom is 0.214 e. The zero-order valence-electron chi connectivity index (χ0n) is 21.7. The smallest absolute Gasteiger partial charge is 0.214 e. The molecule has 3 aromatic rings. The third-order valence-electron chi connectivity index (χ3n) is 6.35. The Morgan fingerprint density at radius 3 is 2.30 bits per heavy atom. The summed E-state index contributed by atoms with van der Waals surface area (Å²) in [4.78, 5) is 2.31. The molecule has 6 nitrogen and oxygen atoms in total. The van der Waals surface area contributed by atoms with Gasteiger partial charge in [-0.3, -0.25) is 5.41 Å². The first kappa shape index (κ1) is 29.7. The van der Waals surface area contributed by atoms with E-state index in [9.17, 15) is 0 Å². The van der Waals surface area contributed by atoms with Crippen molar-refractivity contribution in [3.63, 3.8) is 0 Å². The van der Waals surface area contributed by atoms with Crippen molar-refractivity contribution in [2.75, 3.05) is 25.2 Å². The van der Waals surface area contributed by atoms with E-state index in [2.05, 4.69) is 55.1 Å². The van der Waals surface area contributed by atoms with Gasteiger partial charge in [0, 0.05) is 46.3 Å². The van der Waals surface area contributed by atoms with Crippen LogP contribution >= 0.6 is 0 Å². The Morgan fingerprint density at radius 2 is 1.70 bits per heavy atom. The molecule has 4 rings (SSSR count). The zero-order chi connectivity index (χ0) is 26.1. The number of fused-ring (bicyclic) bond motifs is 1. The van der Waals surface area contributed by atoms with E-state index in [0.29, 0.717) is 17.9 Å². The van der Waals surface area contributed by atoms with Crippen molar-refractivity contribution in [3.05, 3.63) is 101 Å². The Balaban J connectivity index is 0.000000314. The number of hydrogen-bond donors (Lipinski definition) is 3. The summed E-state index contributed by atoms with van der Waals surface area (Å²) in [5, 5.41) is 23.6. The van der Waals surface area contributed by atoms with E-state index >= 15 is 0 Å².